The monoisotopic (exact) mass is 248 g/mol. The molecule has 1 aromatic carbocycles. The minimum absolute atomic E-state index is 0.0806. The van der Waals surface area contributed by atoms with Crippen molar-refractivity contribution in [2.75, 3.05) is 0 Å². The molecule has 2 heteroatoms. The van der Waals surface area contributed by atoms with Crippen molar-refractivity contribution < 1.29 is 9.53 Å². The summed E-state index contributed by atoms with van der Waals surface area (Å²) in [5.74, 6) is 0.688. The molecule has 0 aliphatic heterocycles. The fourth-order valence-corrected chi connectivity index (χ4v) is 1.78. The Morgan fingerprint density at radius 1 is 1.22 bits per heavy atom. The molecule has 0 radical (unpaired) electrons. The number of ether oxygens (including phenoxy) is 1. The van der Waals surface area contributed by atoms with Crippen LogP contribution >= 0.6 is 0 Å². The fraction of sp³-hybridized carbons (Fsp3) is 0.562. The Hall–Kier alpha value is -1.31. The maximum absolute atomic E-state index is 11.5. The number of rotatable bonds is 8. The first-order valence-electron chi connectivity index (χ1n) is 6.92. The van der Waals surface area contributed by atoms with Gasteiger partial charge in [-0.1, -0.05) is 63.4 Å². The van der Waals surface area contributed by atoms with Crippen molar-refractivity contribution in [1.29, 1.82) is 0 Å². The lowest BCUT2D eigenvalue weighted by Crippen LogP contribution is -2.04. The van der Waals surface area contributed by atoms with E-state index in [-0.39, 0.29) is 5.97 Å². The third-order valence-electron chi connectivity index (χ3n) is 3.27. The van der Waals surface area contributed by atoms with E-state index >= 15 is 0 Å². The van der Waals surface area contributed by atoms with Crippen LogP contribution < -0.4 is 0 Å². The number of carbonyl (C=O) groups excluding carboxylic acids is 1. The van der Waals surface area contributed by atoms with Gasteiger partial charge in [-0.2, -0.15) is 0 Å². The predicted octanol–water partition coefficient (Wildman–Crippen LogP) is 4.34. The second-order valence-electron chi connectivity index (χ2n) is 4.91. The summed E-state index contributed by atoms with van der Waals surface area (Å²) in [4.78, 5) is 11.5. The van der Waals surface area contributed by atoms with E-state index in [1.165, 1.54) is 12.8 Å². The smallest absolute Gasteiger partial charge is 0.306 e. The Bertz CT molecular complexity index is 332. The number of unbranched alkanes of at least 4 members (excludes halogenated alkanes) is 1. The quantitative estimate of drug-likeness (QED) is 0.505. The van der Waals surface area contributed by atoms with Gasteiger partial charge < -0.3 is 4.74 Å². The van der Waals surface area contributed by atoms with Crippen molar-refractivity contribution in [2.24, 2.45) is 5.92 Å². The normalized spacial score (nSPS) is 12.1. The molecule has 100 valence electrons. The highest BCUT2D eigenvalue weighted by molar-refractivity contribution is 5.69. The van der Waals surface area contributed by atoms with Crippen LogP contribution in [0.4, 0.5) is 0 Å². The lowest BCUT2D eigenvalue weighted by molar-refractivity contribution is -0.145. The minimum atomic E-state index is -0.0806. The van der Waals surface area contributed by atoms with E-state index in [9.17, 15) is 4.79 Å². The van der Waals surface area contributed by atoms with Crippen LogP contribution in [-0.4, -0.2) is 5.97 Å². The van der Waals surface area contributed by atoms with E-state index in [1.54, 1.807) is 0 Å². The standard InChI is InChI=1S/C16H24O2/c1-3-14(2)9-7-8-12-16(17)18-13-15-10-5-4-6-11-15/h4-6,10-11,14H,3,7-9,12-13H2,1-2H3/t14-/m0/s1. The second kappa shape index (κ2) is 8.73. The van der Waals surface area contributed by atoms with Crippen molar-refractivity contribution >= 4 is 5.97 Å². The van der Waals surface area contributed by atoms with Crippen LogP contribution in [0.1, 0.15) is 51.5 Å². The fourth-order valence-electron chi connectivity index (χ4n) is 1.78. The van der Waals surface area contributed by atoms with Crippen molar-refractivity contribution in [3.63, 3.8) is 0 Å². The summed E-state index contributed by atoms with van der Waals surface area (Å²) >= 11 is 0. The van der Waals surface area contributed by atoms with Crippen molar-refractivity contribution in [3.8, 4) is 0 Å². The van der Waals surface area contributed by atoms with Crippen LogP contribution in [0.15, 0.2) is 30.3 Å². The summed E-state index contributed by atoms with van der Waals surface area (Å²) in [7, 11) is 0. The predicted molar refractivity (Wildman–Crippen MR) is 74.2 cm³/mol. The molecule has 0 aliphatic rings. The number of benzene rings is 1. The van der Waals surface area contributed by atoms with Crippen LogP contribution in [0, 0.1) is 5.92 Å². The Kier molecular flexibility index (Phi) is 7.16. The van der Waals surface area contributed by atoms with Gasteiger partial charge in [-0.15, -0.1) is 0 Å². The Balaban J connectivity index is 2.07. The molecule has 1 atom stereocenters. The molecule has 0 N–H and O–H groups in total. The molecule has 1 aromatic rings. The van der Waals surface area contributed by atoms with Crippen LogP contribution in [0.3, 0.4) is 0 Å². The van der Waals surface area contributed by atoms with Gasteiger partial charge >= 0.3 is 5.97 Å². The van der Waals surface area contributed by atoms with Crippen molar-refractivity contribution in [1.82, 2.24) is 0 Å². The van der Waals surface area contributed by atoms with Crippen molar-refractivity contribution in [3.05, 3.63) is 35.9 Å². The lowest BCUT2D eigenvalue weighted by Gasteiger charge is -2.08. The summed E-state index contributed by atoms with van der Waals surface area (Å²) in [6.45, 7) is 4.86. The highest BCUT2D eigenvalue weighted by atomic mass is 16.5. The van der Waals surface area contributed by atoms with Gasteiger partial charge in [-0.05, 0) is 17.9 Å². The first-order chi connectivity index (χ1) is 8.72. The largest absolute Gasteiger partial charge is 0.461 e. The van der Waals surface area contributed by atoms with Crippen LogP contribution in [0.2, 0.25) is 0 Å². The minimum Gasteiger partial charge on any atom is -0.461 e. The summed E-state index contributed by atoms with van der Waals surface area (Å²) in [6.07, 6.45) is 5.04. The first kappa shape index (κ1) is 14.7. The maximum Gasteiger partial charge on any atom is 0.306 e. The SMILES string of the molecule is CC[C@H](C)CCCCC(=O)OCc1ccccc1. The number of esters is 1. The van der Waals surface area contributed by atoms with Crippen LogP contribution in [-0.2, 0) is 16.1 Å². The topological polar surface area (TPSA) is 26.3 Å². The van der Waals surface area contributed by atoms with E-state index in [1.807, 2.05) is 30.3 Å². The molecule has 0 unspecified atom stereocenters. The van der Waals surface area contributed by atoms with Crippen LogP contribution in [0.5, 0.6) is 0 Å². The van der Waals surface area contributed by atoms with Gasteiger partial charge in [0.2, 0.25) is 0 Å². The van der Waals surface area contributed by atoms with Gasteiger partial charge in [0.1, 0.15) is 6.61 Å². The molecular formula is C16H24O2. The molecule has 0 aromatic heterocycles. The lowest BCUT2D eigenvalue weighted by atomic mass is 10.0. The molecule has 0 amide bonds. The maximum atomic E-state index is 11.5. The zero-order chi connectivity index (χ0) is 13.2. The molecule has 0 bridgehead atoms. The third kappa shape index (κ3) is 6.43. The molecular weight excluding hydrogens is 224 g/mol. The highest BCUT2D eigenvalue weighted by Crippen LogP contribution is 2.12. The van der Waals surface area contributed by atoms with E-state index in [2.05, 4.69) is 13.8 Å². The summed E-state index contributed by atoms with van der Waals surface area (Å²) in [5.41, 5.74) is 1.05. The molecule has 0 spiro atoms. The van der Waals surface area contributed by atoms with Gasteiger partial charge in [-0.25, -0.2) is 0 Å². The Labute approximate surface area is 110 Å². The first-order valence-corrected chi connectivity index (χ1v) is 6.92. The zero-order valence-corrected chi connectivity index (χ0v) is 11.5. The van der Waals surface area contributed by atoms with E-state index < -0.39 is 0 Å². The van der Waals surface area contributed by atoms with Crippen molar-refractivity contribution in [2.45, 2.75) is 52.6 Å². The van der Waals surface area contributed by atoms with E-state index in [0.29, 0.717) is 13.0 Å². The molecule has 0 saturated heterocycles. The molecule has 2 nitrogen and oxygen atoms in total. The third-order valence-corrected chi connectivity index (χ3v) is 3.27. The van der Waals surface area contributed by atoms with Gasteiger partial charge in [0, 0.05) is 6.42 Å². The molecule has 18 heavy (non-hydrogen) atoms. The Morgan fingerprint density at radius 3 is 2.61 bits per heavy atom. The molecule has 0 saturated carbocycles. The molecule has 0 aliphatic carbocycles. The van der Waals surface area contributed by atoms with Gasteiger partial charge in [0.15, 0.2) is 0 Å². The van der Waals surface area contributed by atoms with E-state index in [4.69, 9.17) is 4.74 Å². The number of hydrogen-bond donors (Lipinski definition) is 0. The van der Waals surface area contributed by atoms with Gasteiger partial charge in [-0.3, -0.25) is 4.79 Å². The van der Waals surface area contributed by atoms with Crippen LogP contribution in [0.25, 0.3) is 0 Å². The zero-order valence-electron chi connectivity index (χ0n) is 11.5. The van der Waals surface area contributed by atoms with E-state index in [0.717, 1.165) is 24.3 Å². The molecule has 1 rings (SSSR count). The average molecular weight is 248 g/mol. The Morgan fingerprint density at radius 2 is 1.94 bits per heavy atom. The summed E-state index contributed by atoms with van der Waals surface area (Å²) < 4.78 is 5.22. The van der Waals surface area contributed by atoms with Gasteiger partial charge in [0.05, 0.1) is 0 Å². The second-order valence-corrected chi connectivity index (χ2v) is 4.91. The number of carbonyl (C=O) groups is 1. The van der Waals surface area contributed by atoms with Gasteiger partial charge in [0.25, 0.3) is 0 Å². The molecule has 0 fully saturated rings. The summed E-state index contributed by atoms with van der Waals surface area (Å²) in [6, 6.07) is 9.80. The average Bonchev–Trinajstić information content (AvgIpc) is 2.42. The summed E-state index contributed by atoms with van der Waals surface area (Å²) in [5, 5.41) is 0. The number of hydrogen-bond acceptors (Lipinski definition) is 2. The highest BCUT2D eigenvalue weighted by Gasteiger charge is 2.04. The molecule has 0 heterocycles.